The number of anilines is 1. The molecular weight excluding hydrogens is 314 g/mol. The second-order valence-corrected chi connectivity index (χ2v) is 7.69. The first kappa shape index (κ1) is 18.1. The minimum Gasteiger partial charge on any atom is -0.372 e. The number of hydrogen-bond donors (Lipinski definition) is 1. The summed E-state index contributed by atoms with van der Waals surface area (Å²) in [5.41, 5.74) is 0.905. The Bertz CT molecular complexity index is 604. The lowest BCUT2D eigenvalue weighted by molar-refractivity contribution is 0.247. The van der Waals surface area contributed by atoms with E-state index in [0.717, 1.165) is 30.8 Å². The van der Waals surface area contributed by atoms with Crippen molar-refractivity contribution in [3.05, 3.63) is 18.1 Å². The Kier molecular flexibility index (Phi) is 6.32. The maximum atomic E-state index is 12.7. The Balaban J connectivity index is 2.09. The van der Waals surface area contributed by atoms with Gasteiger partial charge in [-0.15, -0.1) is 0 Å². The normalized spacial score (nSPS) is 19.9. The lowest BCUT2D eigenvalue weighted by atomic mass is 9.94. The number of rotatable bonds is 7. The first-order valence-electron chi connectivity index (χ1n) is 8.25. The highest BCUT2D eigenvalue weighted by atomic mass is 32.2. The lowest BCUT2D eigenvalue weighted by Gasteiger charge is -2.35. The topological polar surface area (TPSA) is 78.4 Å². The Morgan fingerprint density at radius 3 is 2.65 bits per heavy atom. The third-order valence-electron chi connectivity index (χ3n) is 4.33. The van der Waals surface area contributed by atoms with Crippen LogP contribution in [0.1, 0.15) is 32.4 Å². The minimum atomic E-state index is -3.35. The molecule has 1 fully saturated rings. The van der Waals surface area contributed by atoms with Gasteiger partial charge in [0, 0.05) is 45.6 Å². The summed E-state index contributed by atoms with van der Waals surface area (Å²) >= 11 is 0. The van der Waals surface area contributed by atoms with E-state index in [2.05, 4.69) is 15.3 Å². The summed E-state index contributed by atoms with van der Waals surface area (Å²) in [6.07, 6.45) is 6.00. The van der Waals surface area contributed by atoms with Crippen molar-refractivity contribution in [2.75, 3.05) is 38.5 Å². The van der Waals surface area contributed by atoms with E-state index < -0.39 is 10.2 Å². The lowest BCUT2D eigenvalue weighted by Crippen LogP contribution is -2.48. The molecule has 2 rings (SSSR count). The van der Waals surface area contributed by atoms with Gasteiger partial charge >= 0.3 is 0 Å². The molecule has 1 N–H and O–H groups in total. The predicted octanol–water partition coefficient (Wildman–Crippen LogP) is 1.36. The van der Waals surface area contributed by atoms with Crippen LogP contribution < -0.4 is 5.32 Å². The highest BCUT2D eigenvalue weighted by Gasteiger charge is 2.32. The van der Waals surface area contributed by atoms with E-state index >= 15 is 0 Å². The summed E-state index contributed by atoms with van der Waals surface area (Å²) in [4.78, 5) is 8.67. The molecule has 1 atom stereocenters. The first-order chi connectivity index (χ1) is 11.0. The molecule has 1 aliphatic rings. The zero-order valence-electron chi connectivity index (χ0n) is 14.2. The third-order valence-corrected chi connectivity index (χ3v) is 6.49. The summed E-state index contributed by atoms with van der Waals surface area (Å²) < 4.78 is 28.5. The molecule has 1 saturated heterocycles. The Labute approximate surface area is 139 Å². The third kappa shape index (κ3) is 4.19. The van der Waals surface area contributed by atoms with Gasteiger partial charge in [0.1, 0.15) is 5.82 Å². The molecule has 0 radical (unpaired) electrons. The van der Waals surface area contributed by atoms with E-state index in [0.29, 0.717) is 26.2 Å². The minimum absolute atomic E-state index is 0.276. The Morgan fingerprint density at radius 2 is 2.00 bits per heavy atom. The van der Waals surface area contributed by atoms with E-state index in [9.17, 15) is 8.42 Å². The molecular formula is C15H27N5O2S. The van der Waals surface area contributed by atoms with Crippen LogP contribution in [0.4, 0.5) is 5.82 Å². The van der Waals surface area contributed by atoms with E-state index in [1.165, 1.54) is 4.31 Å². The van der Waals surface area contributed by atoms with E-state index in [1.54, 1.807) is 16.7 Å². The second kappa shape index (κ2) is 8.03. The molecule has 0 aliphatic carbocycles. The second-order valence-electron chi connectivity index (χ2n) is 5.76. The summed E-state index contributed by atoms with van der Waals surface area (Å²) in [5.74, 6) is 1.05. The van der Waals surface area contributed by atoms with Crippen molar-refractivity contribution in [1.29, 1.82) is 0 Å². The van der Waals surface area contributed by atoms with Gasteiger partial charge in [0.15, 0.2) is 0 Å². The van der Waals surface area contributed by atoms with Gasteiger partial charge in [-0.05, 0) is 25.2 Å². The highest BCUT2D eigenvalue weighted by molar-refractivity contribution is 7.86. The van der Waals surface area contributed by atoms with Gasteiger partial charge in [-0.3, -0.25) is 4.98 Å². The maximum absolute atomic E-state index is 12.7. The largest absolute Gasteiger partial charge is 0.372 e. The average molecular weight is 341 g/mol. The zero-order valence-corrected chi connectivity index (χ0v) is 15.0. The highest BCUT2D eigenvalue weighted by Crippen LogP contribution is 2.25. The van der Waals surface area contributed by atoms with Crippen LogP contribution in [-0.4, -0.2) is 60.2 Å². The van der Waals surface area contributed by atoms with Crippen molar-refractivity contribution < 1.29 is 8.42 Å². The van der Waals surface area contributed by atoms with Crippen LogP contribution in [-0.2, 0) is 16.6 Å². The van der Waals surface area contributed by atoms with Crippen LogP contribution in [0.5, 0.6) is 0 Å². The summed E-state index contributed by atoms with van der Waals surface area (Å²) in [6, 6.07) is 0. The van der Waals surface area contributed by atoms with Gasteiger partial charge in [0.05, 0.1) is 5.69 Å². The first-order valence-corrected chi connectivity index (χ1v) is 9.65. The monoisotopic (exact) mass is 341 g/mol. The maximum Gasteiger partial charge on any atom is 0.281 e. The van der Waals surface area contributed by atoms with Crippen LogP contribution in [0.2, 0.25) is 0 Å². The molecule has 1 unspecified atom stereocenters. The molecule has 1 aliphatic heterocycles. The van der Waals surface area contributed by atoms with Crippen molar-refractivity contribution in [1.82, 2.24) is 18.6 Å². The van der Waals surface area contributed by atoms with Crippen LogP contribution in [0, 0.1) is 5.92 Å². The molecule has 7 nitrogen and oxygen atoms in total. The molecule has 1 aromatic heterocycles. The Hall–Kier alpha value is -1.25. The molecule has 8 heteroatoms. The zero-order chi connectivity index (χ0) is 16.9. The summed E-state index contributed by atoms with van der Waals surface area (Å²) in [5, 5.41) is 3.05. The molecule has 23 heavy (non-hydrogen) atoms. The van der Waals surface area contributed by atoms with Gasteiger partial charge in [-0.1, -0.05) is 13.8 Å². The van der Waals surface area contributed by atoms with Gasteiger partial charge in [0.2, 0.25) is 0 Å². The fourth-order valence-corrected chi connectivity index (χ4v) is 4.85. The van der Waals surface area contributed by atoms with Crippen LogP contribution in [0.15, 0.2) is 12.4 Å². The van der Waals surface area contributed by atoms with Gasteiger partial charge in [-0.2, -0.15) is 17.0 Å². The molecule has 0 amide bonds. The van der Waals surface area contributed by atoms with E-state index in [4.69, 9.17) is 0 Å². The van der Waals surface area contributed by atoms with Crippen LogP contribution in [0.25, 0.3) is 0 Å². The molecule has 0 aromatic carbocycles. The molecule has 130 valence electrons. The van der Waals surface area contributed by atoms with Crippen molar-refractivity contribution >= 4 is 16.0 Å². The summed E-state index contributed by atoms with van der Waals surface area (Å²) in [7, 11) is -1.53. The summed E-state index contributed by atoms with van der Waals surface area (Å²) in [6.45, 7) is 5.93. The Morgan fingerprint density at radius 1 is 1.30 bits per heavy atom. The number of hydrogen-bond acceptors (Lipinski definition) is 5. The smallest absolute Gasteiger partial charge is 0.281 e. The molecule has 0 bridgehead atoms. The van der Waals surface area contributed by atoms with Gasteiger partial charge in [0.25, 0.3) is 10.2 Å². The van der Waals surface area contributed by atoms with Crippen molar-refractivity contribution in [3.8, 4) is 0 Å². The molecule has 0 saturated carbocycles. The number of nitrogens with one attached hydrogen (secondary N) is 1. The predicted molar refractivity (Wildman–Crippen MR) is 91.4 cm³/mol. The average Bonchev–Trinajstić information content (AvgIpc) is 2.56. The number of piperidine rings is 1. The SMILES string of the molecule is CCN(CC)S(=O)(=O)N1CCCC(Cc2nccnc2NC)C1. The molecule has 1 aromatic rings. The van der Waals surface area contributed by atoms with Crippen molar-refractivity contribution in [2.24, 2.45) is 5.92 Å². The van der Waals surface area contributed by atoms with Crippen molar-refractivity contribution in [2.45, 2.75) is 33.1 Å². The quantitative estimate of drug-likeness (QED) is 0.810. The number of nitrogens with zero attached hydrogens (tertiary/aromatic N) is 4. The van der Waals surface area contributed by atoms with E-state index in [-0.39, 0.29) is 5.92 Å². The fourth-order valence-electron chi connectivity index (χ4n) is 3.11. The van der Waals surface area contributed by atoms with Crippen molar-refractivity contribution in [3.63, 3.8) is 0 Å². The standard InChI is InChI=1S/C15H27N5O2S/c1-4-19(5-2)23(21,22)20-10-6-7-13(12-20)11-14-15(16-3)18-9-8-17-14/h8-9,13H,4-7,10-12H2,1-3H3,(H,16,18). The van der Waals surface area contributed by atoms with Crippen LogP contribution >= 0.6 is 0 Å². The molecule has 0 spiro atoms. The molecule has 2 heterocycles. The van der Waals surface area contributed by atoms with E-state index in [1.807, 2.05) is 20.9 Å². The fraction of sp³-hybridized carbons (Fsp3) is 0.733. The van der Waals surface area contributed by atoms with Gasteiger partial charge < -0.3 is 5.32 Å². The van der Waals surface area contributed by atoms with Crippen LogP contribution in [0.3, 0.4) is 0 Å². The van der Waals surface area contributed by atoms with Gasteiger partial charge in [-0.25, -0.2) is 4.98 Å². The number of aromatic nitrogens is 2.